The maximum atomic E-state index is 12.8. The van der Waals surface area contributed by atoms with Crippen molar-refractivity contribution < 1.29 is 9.53 Å². The molecule has 24 heavy (non-hydrogen) atoms. The summed E-state index contributed by atoms with van der Waals surface area (Å²) in [7, 11) is 0. The highest BCUT2D eigenvalue weighted by atomic mass is 32.1. The third-order valence-corrected chi connectivity index (χ3v) is 5.34. The summed E-state index contributed by atoms with van der Waals surface area (Å²) in [6.45, 7) is 4.32. The van der Waals surface area contributed by atoms with Gasteiger partial charge in [-0.3, -0.25) is 4.79 Å². The van der Waals surface area contributed by atoms with E-state index in [0.717, 1.165) is 25.9 Å². The molecule has 1 unspecified atom stereocenters. The molecule has 1 aromatic heterocycles. The molecule has 3 rings (SSSR count). The van der Waals surface area contributed by atoms with Crippen LogP contribution in [0.4, 0.5) is 0 Å². The molecular weight excluding hydrogens is 318 g/mol. The van der Waals surface area contributed by atoms with Crippen molar-refractivity contribution >= 4 is 17.2 Å². The lowest BCUT2D eigenvalue weighted by Gasteiger charge is -2.25. The van der Waals surface area contributed by atoms with Crippen LogP contribution in [0.5, 0.6) is 0 Å². The second-order valence-electron chi connectivity index (χ2n) is 6.47. The van der Waals surface area contributed by atoms with Gasteiger partial charge in [-0.1, -0.05) is 35.9 Å². The minimum atomic E-state index is 0.202. The van der Waals surface area contributed by atoms with E-state index in [1.54, 1.807) is 11.3 Å². The number of nitrogens with zero attached hydrogens (tertiary/aromatic N) is 1. The van der Waals surface area contributed by atoms with Crippen molar-refractivity contribution in [2.45, 2.75) is 45.3 Å². The summed E-state index contributed by atoms with van der Waals surface area (Å²) >= 11 is 1.71. The van der Waals surface area contributed by atoms with E-state index in [9.17, 15) is 4.79 Å². The first-order valence-corrected chi connectivity index (χ1v) is 9.56. The van der Waals surface area contributed by atoms with Crippen LogP contribution in [0.2, 0.25) is 0 Å². The minimum absolute atomic E-state index is 0.202. The van der Waals surface area contributed by atoms with Crippen LogP contribution in [0.3, 0.4) is 0 Å². The highest BCUT2D eigenvalue weighted by molar-refractivity contribution is 7.09. The zero-order chi connectivity index (χ0) is 16.8. The predicted octanol–water partition coefficient (Wildman–Crippen LogP) is 4.20. The van der Waals surface area contributed by atoms with Crippen molar-refractivity contribution in [3.05, 3.63) is 57.8 Å². The fourth-order valence-electron chi connectivity index (χ4n) is 3.04. The van der Waals surface area contributed by atoms with Gasteiger partial charge in [-0.15, -0.1) is 11.3 Å². The van der Waals surface area contributed by atoms with Gasteiger partial charge in [0.1, 0.15) is 0 Å². The number of hydrogen-bond acceptors (Lipinski definition) is 3. The summed E-state index contributed by atoms with van der Waals surface area (Å²) in [6.07, 6.45) is 3.72. The standard InChI is InChI=1S/C20H25NO2S/c1-16-6-8-17(9-7-16)10-11-20(22)21(14-18-4-2-12-23-18)15-19-5-3-13-24-19/h3,5-9,13,18H,2,4,10-12,14-15H2,1H3. The van der Waals surface area contributed by atoms with Gasteiger partial charge in [0.2, 0.25) is 5.91 Å². The summed E-state index contributed by atoms with van der Waals surface area (Å²) in [4.78, 5) is 16.0. The summed E-state index contributed by atoms with van der Waals surface area (Å²) in [5.74, 6) is 0.222. The molecule has 1 saturated heterocycles. The number of benzene rings is 1. The van der Waals surface area contributed by atoms with Crippen LogP contribution in [0.25, 0.3) is 0 Å². The van der Waals surface area contributed by atoms with Gasteiger partial charge < -0.3 is 9.64 Å². The third-order valence-electron chi connectivity index (χ3n) is 4.48. The SMILES string of the molecule is Cc1ccc(CCC(=O)N(Cc2cccs2)CC2CCCO2)cc1. The van der Waals surface area contributed by atoms with Gasteiger partial charge in [-0.25, -0.2) is 0 Å². The molecule has 4 heteroatoms. The highest BCUT2D eigenvalue weighted by Crippen LogP contribution is 2.18. The lowest BCUT2D eigenvalue weighted by atomic mass is 10.1. The number of carbonyl (C=O) groups is 1. The van der Waals surface area contributed by atoms with E-state index >= 15 is 0 Å². The molecule has 0 aliphatic carbocycles. The normalized spacial score (nSPS) is 17.1. The molecular formula is C20H25NO2S. The molecule has 1 amide bonds. The Bertz CT molecular complexity index is 630. The first-order valence-electron chi connectivity index (χ1n) is 8.68. The van der Waals surface area contributed by atoms with Crippen molar-refractivity contribution in [3.63, 3.8) is 0 Å². The van der Waals surface area contributed by atoms with E-state index in [2.05, 4.69) is 42.6 Å². The van der Waals surface area contributed by atoms with E-state index in [-0.39, 0.29) is 12.0 Å². The minimum Gasteiger partial charge on any atom is -0.376 e. The second kappa shape index (κ2) is 8.45. The van der Waals surface area contributed by atoms with Crippen molar-refractivity contribution in [1.82, 2.24) is 4.90 Å². The van der Waals surface area contributed by atoms with Gasteiger partial charge in [-0.05, 0) is 43.2 Å². The lowest BCUT2D eigenvalue weighted by Crippen LogP contribution is -2.36. The number of rotatable bonds is 7. The Morgan fingerprint density at radius 3 is 2.79 bits per heavy atom. The summed E-state index contributed by atoms with van der Waals surface area (Å²) < 4.78 is 5.74. The van der Waals surface area contributed by atoms with Crippen molar-refractivity contribution in [1.29, 1.82) is 0 Å². The smallest absolute Gasteiger partial charge is 0.223 e. The summed E-state index contributed by atoms with van der Waals surface area (Å²) in [5.41, 5.74) is 2.48. The first kappa shape index (κ1) is 17.2. The molecule has 0 saturated carbocycles. The van der Waals surface area contributed by atoms with Gasteiger partial charge in [0, 0.05) is 24.4 Å². The fraction of sp³-hybridized carbons (Fsp3) is 0.450. The number of ether oxygens (including phenoxy) is 1. The quantitative estimate of drug-likeness (QED) is 0.754. The first-order chi connectivity index (χ1) is 11.7. The number of aryl methyl sites for hydroxylation is 2. The van der Waals surface area contributed by atoms with Gasteiger partial charge in [0.05, 0.1) is 12.6 Å². The molecule has 0 bridgehead atoms. The molecule has 128 valence electrons. The maximum Gasteiger partial charge on any atom is 0.223 e. The summed E-state index contributed by atoms with van der Waals surface area (Å²) in [5, 5.41) is 2.07. The largest absolute Gasteiger partial charge is 0.376 e. The Morgan fingerprint density at radius 2 is 2.12 bits per heavy atom. The molecule has 2 heterocycles. The van der Waals surface area contributed by atoms with Crippen LogP contribution in [0.1, 0.15) is 35.3 Å². The van der Waals surface area contributed by atoms with Crippen molar-refractivity contribution in [2.75, 3.05) is 13.2 Å². The Hall–Kier alpha value is -1.65. The topological polar surface area (TPSA) is 29.5 Å². The summed E-state index contributed by atoms with van der Waals surface area (Å²) in [6, 6.07) is 12.6. The Balaban J connectivity index is 1.59. The zero-order valence-electron chi connectivity index (χ0n) is 14.2. The predicted molar refractivity (Wildman–Crippen MR) is 98.2 cm³/mol. The van der Waals surface area contributed by atoms with E-state index in [1.165, 1.54) is 16.0 Å². The zero-order valence-corrected chi connectivity index (χ0v) is 15.1. The average Bonchev–Trinajstić information content (AvgIpc) is 3.27. The van der Waals surface area contributed by atoms with Gasteiger partial charge in [-0.2, -0.15) is 0 Å². The van der Waals surface area contributed by atoms with Crippen molar-refractivity contribution in [3.8, 4) is 0 Å². The van der Waals surface area contributed by atoms with E-state index in [1.807, 2.05) is 11.0 Å². The van der Waals surface area contributed by atoms with Crippen molar-refractivity contribution in [2.24, 2.45) is 0 Å². The van der Waals surface area contributed by atoms with Crippen LogP contribution in [-0.2, 0) is 22.5 Å². The third kappa shape index (κ3) is 4.92. The molecule has 1 aromatic carbocycles. The van der Waals surface area contributed by atoms with Gasteiger partial charge in [0.15, 0.2) is 0 Å². The van der Waals surface area contributed by atoms with Crippen LogP contribution in [0.15, 0.2) is 41.8 Å². The van der Waals surface area contributed by atoms with Crippen LogP contribution < -0.4 is 0 Å². The monoisotopic (exact) mass is 343 g/mol. The molecule has 0 spiro atoms. The molecule has 0 N–H and O–H groups in total. The second-order valence-corrected chi connectivity index (χ2v) is 7.51. The Labute approximate surface area is 148 Å². The number of carbonyl (C=O) groups excluding carboxylic acids is 1. The molecule has 1 fully saturated rings. The highest BCUT2D eigenvalue weighted by Gasteiger charge is 2.22. The molecule has 1 aliphatic rings. The number of thiophene rings is 1. The van der Waals surface area contributed by atoms with Crippen LogP contribution in [0, 0.1) is 6.92 Å². The molecule has 1 aliphatic heterocycles. The molecule has 0 radical (unpaired) electrons. The van der Waals surface area contributed by atoms with Gasteiger partial charge >= 0.3 is 0 Å². The molecule has 3 nitrogen and oxygen atoms in total. The van der Waals surface area contributed by atoms with E-state index in [0.29, 0.717) is 19.5 Å². The van der Waals surface area contributed by atoms with Crippen LogP contribution in [-0.4, -0.2) is 30.1 Å². The maximum absolute atomic E-state index is 12.8. The lowest BCUT2D eigenvalue weighted by molar-refractivity contribution is -0.133. The number of hydrogen-bond donors (Lipinski definition) is 0. The Kier molecular flexibility index (Phi) is 6.05. The molecule has 1 atom stereocenters. The Morgan fingerprint density at radius 1 is 1.29 bits per heavy atom. The van der Waals surface area contributed by atoms with E-state index in [4.69, 9.17) is 4.74 Å². The number of amides is 1. The van der Waals surface area contributed by atoms with E-state index < -0.39 is 0 Å². The molecule has 2 aromatic rings. The van der Waals surface area contributed by atoms with Crippen LogP contribution >= 0.6 is 11.3 Å². The van der Waals surface area contributed by atoms with Gasteiger partial charge in [0.25, 0.3) is 0 Å². The fourth-order valence-corrected chi connectivity index (χ4v) is 3.76. The average molecular weight is 343 g/mol.